The molecule has 0 atom stereocenters. The van der Waals surface area contributed by atoms with Gasteiger partial charge in [-0.3, -0.25) is 10.2 Å². The zero-order chi connectivity index (χ0) is 20.4. The number of rotatable bonds is 10. The fraction of sp³-hybridized carbons (Fsp3) is 0.500. The second-order valence-electron chi connectivity index (χ2n) is 5.57. The van der Waals surface area contributed by atoms with Crippen LogP contribution in [-0.2, 0) is 14.4 Å². The number of hydrogen-bond acceptors (Lipinski definition) is 8. The Bertz CT molecular complexity index is 686. The minimum atomic E-state index is -0.647. The standard InChI is InChI=1S/C18H27N3O6/c1-7-26-18(23)19-14-9-16(24-5)17(25-6)10-15(14)21(27-8-2)13(12-22)11-20(3)4/h9-10H,7-8,11H2,1-6H3,(H,19,23). The van der Waals surface area contributed by atoms with E-state index in [1.54, 1.807) is 30.9 Å². The predicted molar refractivity (Wildman–Crippen MR) is 102 cm³/mol. The number of ether oxygens (including phenoxy) is 3. The van der Waals surface area contributed by atoms with Crippen LogP contribution in [0.25, 0.3) is 0 Å². The van der Waals surface area contributed by atoms with Crippen LogP contribution in [0.2, 0.25) is 0 Å². The van der Waals surface area contributed by atoms with Crippen LogP contribution in [0.4, 0.5) is 16.2 Å². The van der Waals surface area contributed by atoms with Gasteiger partial charge in [-0.2, -0.15) is 0 Å². The molecule has 0 heterocycles. The SMILES string of the molecule is CCOC(=O)Nc1cc(OC)c(OC)cc1N(OCC)C(=C=O)CN(C)C. The van der Waals surface area contributed by atoms with E-state index in [9.17, 15) is 9.59 Å². The van der Waals surface area contributed by atoms with Gasteiger partial charge in [0.25, 0.3) is 0 Å². The number of benzene rings is 1. The Balaban J connectivity index is 3.52. The summed E-state index contributed by atoms with van der Waals surface area (Å²) < 4.78 is 15.6. The smallest absolute Gasteiger partial charge is 0.411 e. The van der Waals surface area contributed by atoms with Crippen LogP contribution in [-0.4, -0.2) is 65.0 Å². The first kappa shape index (κ1) is 22.3. The van der Waals surface area contributed by atoms with Gasteiger partial charge in [-0.15, -0.1) is 0 Å². The maximum atomic E-state index is 12.0. The lowest BCUT2D eigenvalue weighted by Crippen LogP contribution is -2.31. The molecular formula is C18H27N3O6. The average Bonchev–Trinajstić information content (AvgIpc) is 2.64. The van der Waals surface area contributed by atoms with Crippen molar-refractivity contribution in [2.75, 3.05) is 58.5 Å². The fourth-order valence-electron chi connectivity index (χ4n) is 2.27. The Morgan fingerprint density at radius 1 is 1.11 bits per heavy atom. The molecule has 0 aliphatic rings. The van der Waals surface area contributed by atoms with Crippen LogP contribution in [0.5, 0.6) is 11.5 Å². The highest BCUT2D eigenvalue weighted by atomic mass is 16.7. The number of nitrogens with zero attached hydrogens (tertiary/aromatic N) is 2. The molecular weight excluding hydrogens is 354 g/mol. The largest absolute Gasteiger partial charge is 0.493 e. The second-order valence-corrected chi connectivity index (χ2v) is 5.57. The molecule has 1 aromatic carbocycles. The monoisotopic (exact) mass is 381 g/mol. The fourth-order valence-corrected chi connectivity index (χ4v) is 2.27. The van der Waals surface area contributed by atoms with E-state index < -0.39 is 6.09 Å². The number of carbonyl (C=O) groups is 1. The number of methoxy groups -OCH3 is 2. The van der Waals surface area contributed by atoms with Crippen LogP contribution < -0.4 is 19.9 Å². The van der Waals surface area contributed by atoms with Crippen molar-refractivity contribution >= 4 is 23.4 Å². The van der Waals surface area contributed by atoms with E-state index in [0.29, 0.717) is 22.9 Å². The van der Waals surface area contributed by atoms with Gasteiger partial charge in [0.05, 0.1) is 45.4 Å². The number of likely N-dealkylation sites (N-methyl/N-ethyl adjacent to an activating group) is 1. The molecule has 0 aromatic heterocycles. The van der Waals surface area contributed by atoms with Gasteiger partial charge in [-0.1, -0.05) is 0 Å². The third-order valence-corrected chi connectivity index (χ3v) is 3.32. The molecule has 0 aliphatic heterocycles. The van der Waals surface area contributed by atoms with E-state index in [4.69, 9.17) is 19.0 Å². The normalized spacial score (nSPS) is 10.2. The van der Waals surface area contributed by atoms with Gasteiger partial charge in [0, 0.05) is 12.1 Å². The zero-order valence-electron chi connectivity index (χ0n) is 16.6. The van der Waals surface area contributed by atoms with E-state index in [2.05, 4.69) is 5.32 Å². The average molecular weight is 381 g/mol. The highest BCUT2D eigenvalue weighted by molar-refractivity contribution is 5.91. The molecule has 0 saturated heterocycles. The summed E-state index contributed by atoms with van der Waals surface area (Å²) in [4.78, 5) is 31.0. The van der Waals surface area contributed by atoms with E-state index in [-0.39, 0.29) is 25.5 Å². The molecule has 1 aromatic rings. The minimum absolute atomic E-state index is 0.212. The van der Waals surface area contributed by atoms with Gasteiger partial charge >= 0.3 is 6.09 Å². The Kier molecular flexibility index (Phi) is 9.15. The minimum Gasteiger partial charge on any atom is -0.493 e. The molecule has 9 heteroatoms. The van der Waals surface area contributed by atoms with Crippen LogP contribution in [0.1, 0.15) is 13.8 Å². The molecule has 1 N–H and O–H groups in total. The Morgan fingerprint density at radius 2 is 1.74 bits per heavy atom. The van der Waals surface area contributed by atoms with Crippen LogP contribution >= 0.6 is 0 Å². The van der Waals surface area contributed by atoms with E-state index in [1.165, 1.54) is 19.3 Å². The van der Waals surface area contributed by atoms with E-state index in [0.717, 1.165) is 0 Å². The Labute approximate surface area is 159 Å². The molecule has 27 heavy (non-hydrogen) atoms. The summed E-state index contributed by atoms with van der Waals surface area (Å²) in [6.07, 6.45) is -0.647. The number of hydroxylamine groups is 1. The summed E-state index contributed by atoms with van der Waals surface area (Å²) in [6.45, 7) is 4.25. The van der Waals surface area contributed by atoms with Crippen molar-refractivity contribution in [2.24, 2.45) is 0 Å². The highest BCUT2D eigenvalue weighted by Crippen LogP contribution is 2.39. The van der Waals surface area contributed by atoms with Crippen LogP contribution in [0.3, 0.4) is 0 Å². The molecule has 0 aliphatic carbocycles. The van der Waals surface area contributed by atoms with Crippen molar-refractivity contribution in [1.29, 1.82) is 0 Å². The van der Waals surface area contributed by atoms with E-state index in [1.807, 2.05) is 20.0 Å². The number of carbonyl (C=O) groups excluding carboxylic acids is 2. The van der Waals surface area contributed by atoms with Crippen LogP contribution in [0, 0.1) is 0 Å². The molecule has 0 bridgehead atoms. The van der Waals surface area contributed by atoms with Gasteiger partial charge in [-0.05, 0) is 27.9 Å². The molecule has 1 amide bonds. The number of anilines is 2. The molecule has 0 spiro atoms. The van der Waals surface area contributed by atoms with E-state index >= 15 is 0 Å². The third kappa shape index (κ3) is 6.18. The molecule has 0 radical (unpaired) electrons. The summed E-state index contributed by atoms with van der Waals surface area (Å²) in [5.41, 5.74) is 0.926. The van der Waals surface area contributed by atoms with Crippen molar-refractivity contribution in [3.05, 3.63) is 17.8 Å². The van der Waals surface area contributed by atoms with Gasteiger partial charge < -0.3 is 19.1 Å². The summed E-state index contributed by atoms with van der Waals surface area (Å²) in [5, 5.41) is 3.95. The van der Waals surface area contributed by atoms with Gasteiger partial charge in [0.2, 0.25) is 0 Å². The van der Waals surface area contributed by atoms with Gasteiger partial charge in [0.15, 0.2) is 11.5 Å². The summed E-state index contributed by atoms with van der Waals surface area (Å²) in [5.74, 6) is 2.70. The van der Waals surface area contributed by atoms with Crippen molar-refractivity contribution in [2.45, 2.75) is 13.8 Å². The number of nitrogens with one attached hydrogen (secondary N) is 1. The molecule has 0 fully saturated rings. The molecule has 0 unspecified atom stereocenters. The first-order chi connectivity index (χ1) is 12.9. The summed E-state index contributed by atoms with van der Waals surface area (Å²) in [7, 11) is 6.60. The first-order valence-electron chi connectivity index (χ1n) is 8.43. The lowest BCUT2D eigenvalue weighted by atomic mass is 10.2. The summed E-state index contributed by atoms with van der Waals surface area (Å²) >= 11 is 0. The molecule has 150 valence electrons. The van der Waals surface area contributed by atoms with Gasteiger partial charge in [0.1, 0.15) is 11.6 Å². The molecule has 9 nitrogen and oxygen atoms in total. The summed E-state index contributed by atoms with van der Waals surface area (Å²) in [6, 6.07) is 3.16. The predicted octanol–water partition coefficient (Wildman–Crippen LogP) is 2.31. The molecule has 0 saturated carbocycles. The number of amides is 1. The van der Waals surface area contributed by atoms with Crippen molar-refractivity contribution in [3.63, 3.8) is 0 Å². The topological polar surface area (TPSA) is 89.6 Å². The first-order valence-corrected chi connectivity index (χ1v) is 8.43. The lowest BCUT2D eigenvalue weighted by Gasteiger charge is -2.28. The number of hydrogen-bond donors (Lipinski definition) is 1. The zero-order valence-corrected chi connectivity index (χ0v) is 16.6. The van der Waals surface area contributed by atoms with Crippen molar-refractivity contribution in [3.8, 4) is 11.5 Å². The van der Waals surface area contributed by atoms with Crippen LogP contribution in [0.15, 0.2) is 17.8 Å². The third-order valence-electron chi connectivity index (χ3n) is 3.32. The molecule has 1 rings (SSSR count). The lowest BCUT2D eigenvalue weighted by molar-refractivity contribution is 0.134. The maximum absolute atomic E-state index is 12.0. The Hall–Kier alpha value is -2.74. The van der Waals surface area contributed by atoms with Crippen molar-refractivity contribution in [1.82, 2.24) is 4.90 Å². The maximum Gasteiger partial charge on any atom is 0.411 e. The van der Waals surface area contributed by atoms with Gasteiger partial charge in [-0.25, -0.2) is 14.7 Å². The Morgan fingerprint density at radius 3 is 2.22 bits per heavy atom. The second kappa shape index (κ2) is 11.1. The van der Waals surface area contributed by atoms with Crippen molar-refractivity contribution < 1.29 is 28.6 Å². The highest BCUT2D eigenvalue weighted by Gasteiger charge is 2.23. The quantitative estimate of drug-likeness (QED) is 0.488.